The van der Waals surface area contributed by atoms with Crippen LogP contribution >= 0.6 is 0 Å². The second kappa shape index (κ2) is 40.7. The first-order valence-corrected chi connectivity index (χ1v) is 50.7. The Hall–Kier alpha value is -13.2. The zero-order chi connectivity index (χ0) is 96.9. The van der Waals surface area contributed by atoms with Crippen LogP contribution in [0.5, 0.6) is 0 Å². The number of ketones is 1. The average Bonchev–Trinajstić information content (AvgIpc) is 1.60. The molecule has 30 nitrogen and oxygen atoms in total. The number of fused-ring (bicyclic) bond motifs is 23. The molecule has 0 radical (unpaired) electrons. The normalized spacial score (nSPS) is 18.8. The molecule has 0 amide bonds. The van der Waals surface area contributed by atoms with Crippen LogP contribution in [0.15, 0.2) is 152 Å². The molecule has 736 valence electrons. The smallest absolute Gasteiger partial charge is 0.184 e. The molecule has 7 fully saturated rings. The number of nitrogens with one attached hydrogen (secondary N) is 1. The van der Waals surface area contributed by atoms with Gasteiger partial charge in [-0.25, -0.2) is 81.8 Å². The molecule has 13 aromatic heterocycles. The molecule has 1 aliphatic carbocycles. The predicted molar refractivity (Wildman–Crippen MR) is 548 cm³/mol. The summed E-state index contributed by atoms with van der Waals surface area (Å²) in [7, 11) is 8.60. The Morgan fingerprint density at radius 3 is 1.39 bits per heavy atom. The van der Waals surface area contributed by atoms with E-state index in [9.17, 15) is 31.9 Å². The van der Waals surface area contributed by atoms with E-state index in [1.807, 2.05) is 63.7 Å². The molecular weight excluding hydrogens is 1800 g/mol. The maximum atomic E-state index is 14.1. The van der Waals surface area contributed by atoms with Crippen LogP contribution in [0.25, 0.3) is 106 Å². The van der Waals surface area contributed by atoms with Crippen LogP contribution in [0, 0.1) is 29.2 Å². The Labute approximate surface area is 819 Å². The van der Waals surface area contributed by atoms with E-state index in [1.165, 1.54) is 24.5 Å². The number of anilines is 5. The molecule has 35 heteroatoms. The zero-order valence-electron chi connectivity index (χ0n) is 81.4. The number of pyridine rings is 5. The first kappa shape index (κ1) is 93.8. The first-order chi connectivity index (χ1) is 69.3. The van der Waals surface area contributed by atoms with Crippen LogP contribution in [0.2, 0.25) is 0 Å². The van der Waals surface area contributed by atoms with E-state index in [2.05, 4.69) is 181 Å². The number of halogens is 5. The third kappa shape index (κ3) is 19.2. The van der Waals surface area contributed by atoms with Crippen molar-refractivity contribution in [3.05, 3.63) is 215 Å². The number of aliphatic hydroxyl groups excluding tert-OH is 1. The summed E-state index contributed by atoms with van der Waals surface area (Å²) in [5.41, 5.74) is 18.0. The second-order valence-electron chi connectivity index (χ2n) is 39.5. The lowest BCUT2D eigenvalue weighted by atomic mass is 10.0. The van der Waals surface area contributed by atoms with Crippen LogP contribution < -0.4 is 29.8 Å². The van der Waals surface area contributed by atoms with Crippen LogP contribution in [0.1, 0.15) is 122 Å². The molecule has 6 saturated heterocycles. The number of carbonyl (C=O) groups excluding carboxylic acids is 1. The summed E-state index contributed by atoms with van der Waals surface area (Å²) in [6.07, 6.45) is 14.9. The summed E-state index contributed by atoms with van der Waals surface area (Å²) in [4.78, 5) is 93.9. The Morgan fingerprint density at radius 2 is 0.859 bits per heavy atom. The maximum Gasteiger partial charge on any atom is 0.184 e. The molecule has 2 N–H and O–H groups in total. The number of likely N-dealkylation sites (N-methyl/N-ethyl adjacent to an activating group) is 4. The second-order valence-corrected chi connectivity index (χ2v) is 39.5. The van der Waals surface area contributed by atoms with Gasteiger partial charge in [-0.3, -0.25) is 32.0 Å². The minimum Gasteiger partial charge on any atom is -0.396 e. The third-order valence-corrected chi connectivity index (χ3v) is 29.3. The number of aliphatic hydroxyl groups is 1. The number of Topliss-reactive ketones (excluding diaryl/α,β-unsaturated/α-hetero) is 1. The van der Waals surface area contributed by atoms with Gasteiger partial charge in [0.1, 0.15) is 69.3 Å². The fourth-order valence-electron chi connectivity index (χ4n) is 21.4. The number of rotatable bonds is 13. The highest BCUT2D eigenvalue weighted by atomic mass is 19.2. The van der Waals surface area contributed by atoms with Crippen molar-refractivity contribution in [1.82, 2.24) is 112 Å². The van der Waals surface area contributed by atoms with E-state index < -0.39 is 29.4 Å². The van der Waals surface area contributed by atoms with Crippen molar-refractivity contribution in [2.75, 3.05) is 203 Å². The number of para-hydroxylation sites is 4. The van der Waals surface area contributed by atoms with E-state index in [4.69, 9.17) is 49.8 Å². The summed E-state index contributed by atoms with van der Waals surface area (Å²) in [6.45, 7) is 23.5. The molecule has 0 bridgehead atoms. The fraction of sp³-hybridized carbons (Fsp3) is 0.430. The Kier molecular flexibility index (Phi) is 26.9. The summed E-state index contributed by atoms with van der Waals surface area (Å²) >= 11 is 0. The molecule has 17 aromatic rings. The summed E-state index contributed by atoms with van der Waals surface area (Å²) in [6, 6.07) is 45.8. The van der Waals surface area contributed by atoms with Crippen LogP contribution in [0.4, 0.5) is 51.0 Å². The maximum absolute atomic E-state index is 14.1. The number of hydrogen-bond donors (Lipinski definition) is 2. The largest absolute Gasteiger partial charge is 0.396 e. The number of aromatic nitrogens is 17. The molecule has 8 aliphatic heterocycles. The van der Waals surface area contributed by atoms with Gasteiger partial charge < -0.3 is 54.5 Å². The van der Waals surface area contributed by atoms with Crippen molar-refractivity contribution < 1.29 is 31.9 Å². The van der Waals surface area contributed by atoms with Gasteiger partial charge in [-0.2, -0.15) is 0 Å². The summed E-state index contributed by atoms with van der Waals surface area (Å²) in [5.74, 6) is 4.98. The van der Waals surface area contributed by atoms with E-state index in [1.54, 1.807) is 4.40 Å². The van der Waals surface area contributed by atoms with Gasteiger partial charge in [-0.1, -0.05) is 49.7 Å². The van der Waals surface area contributed by atoms with E-state index in [0.717, 1.165) is 333 Å². The number of carbonyl (C=O) groups is 1. The van der Waals surface area contributed by atoms with Crippen molar-refractivity contribution >= 4 is 129 Å². The zero-order valence-corrected chi connectivity index (χ0v) is 81.4. The number of aryl methyl sites for hydroxylation is 2. The van der Waals surface area contributed by atoms with Crippen molar-refractivity contribution in [3.8, 4) is 11.6 Å². The molecular formula is C107H121F5N28O2. The topological polar surface area (TPSA) is 260 Å². The molecule has 1 saturated carbocycles. The van der Waals surface area contributed by atoms with E-state index in [0.29, 0.717) is 88.1 Å². The third-order valence-electron chi connectivity index (χ3n) is 29.3. The van der Waals surface area contributed by atoms with Gasteiger partial charge in [-0.15, -0.1) is 0 Å². The first-order valence-electron chi connectivity index (χ1n) is 50.7. The van der Waals surface area contributed by atoms with Gasteiger partial charge in [0.25, 0.3) is 0 Å². The van der Waals surface area contributed by atoms with E-state index >= 15 is 0 Å². The Balaban J connectivity index is 0.000000102. The van der Waals surface area contributed by atoms with Crippen molar-refractivity contribution in [1.29, 1.82) is 0 Å². The lowest BCUT2D eigenvalue weighted by Crippen LogP contribution is -2.34. The fourth-order valence-corrected chi connectivity index (χ4v) is 21.4. The monoisotopic (exact) mass is 1930 g/mol. The van der Waals surface area contributed by atoms with Gasteiger partial charge >= 0.3 is 0 Å². The van der Waals surface area contributed by atoms with Gasteiger partial charge in [0.2, 0.25) is 0 Å². The number of hydrogen-bond acceptors (Lipinski definition) is 25. The summed E-state index contributed by atoms with van der Waals surface area (Å²) < 4.78 is 79.9. The highest BCUT2D eigenvalue weighted by molar-refractivity contribution is 5.99. The lowest BCUT2D eigenvalue weighted by Gasteiger charge is -2.33. The minimum atomic E-state index is -0.938. The van der Waals surface area contributed by atoms with Crippen molar-refractivity contribution in [2.45, 2.75) is 115 Å². The number of alkyl halides is 1. The highest BCUT2D eigenvalue weighted by Crippen LogP contribution is 2.42. The molecule has 26 rings (SSSR count). The molecule has 2 atom stereocenters. The average molecular weight is 1930 g/mol. The van der Waals surface area contributed by atoms with Crippen LogP contribution in [-0.2, 0) is 32.1 Å². The molecule has 142 heavy (non-hydrogen) atoms. The van der Waals surface area contributed by atoms with Crippen LogP contribution in [-0.4, -0.2) is 302 Å². The lowest BCUT2D eigenvalue weighted by molar-refractivity contribution is 0.0982. The predicted octanol–water partition coefficient (Wildman–Crippen LogP) is 14.7. The van der Waals surface area contributed by atoms with Gasteiger partial charge in [-0.05, 0) is 241 Å². The Morgan fingerprint density at radius 1 is 0.394 bits per heavy atom. The van der Waals surface area contributed by atoms with Crippen molar-refractivity contribution in [3.63, 3.8) is 0 Å². The highest BCUT2D eigenvalue weighted by Gasteiger charge is 2.39. The van der Waals surface area contributed by atoms with Gasteiger partial charge in [0.15, 0.2) is 62.9 Å². The van der Waals surface area contributed by atoms with Gasteiger partial charge in [0, 0.05) is 160 Å². The molecule has 0 spiro atoms. The molecule has 9 aliphatic rings. The SMILES string of the molecule is CCCc1nc2ccc(N3CCCN(C)CC3)nc2n2c1nc1cc(F)c(F)cc12.CN1CCCN(c2ccc3c(n2)-n2c(nc4ccccc42)C(N2CC[C@H](F)C2)C3)CC1.CN1CCCN(c2ccc3c(n2)-n2cccc2C(=O)C3)CC1.CN1CCCN(c2ccc3nc(CCCO)c4nc5cc(F)c(F)cc5n4c3n2)CC1.c1ccc2c(c1)nc1c(CC3CC3)nc3ccc(N4CCCNCC4)nc3n12. The number of nitrogens with zero attached hydrogens (tertiary/aromatic N) is 27. The van der Waals surface area contributed by atoms with Gasteiger partial charge in [0.05, 0.1) is 73.0 Å². The molecule has 4 aromatic carbocycles. The quantitative estimate of drug-likeness (QED) is 0.102. The van der Waals surface area contributed by atoms with Crippen molar-refractivity contribution in [2.24, 2.45) is 5.92 Å². The molecule has 21 heterocycles. The summed E-state index contributed by atoms with van der Waals surface area (Å²) in [5, 5.41) is 12.7. The number of likely N-dealkylation sites (tertiary alicyclic amines) is 1. The Bertz CT molecular complexity index is 7560. The number of benzene rings is 4. The van der Waals surface area contributed by atoms with E-state index in [-0.39, 0.29) is 18.4 Å². The number of imidazole rings is 4. The molecule has 1 unspecified atom stereocenters. The minimum absolute atomic E-state index is 0.0238. The standard InChI is InChI=1S/C24H29FN6.C22H24F2N6O.C22H24F2N6.C22H24N6.C17H20N4O/c1-28-10-4-11-29(14-13-28)22-8-7-17-15-21(30-12-9-18(25)16-30)24-26-19-5-2-3-6-20(19)31(24)23(17)27-22;1-28-7-3-8-29(10-9-28)20-6-5-17-22(27-20)30-19-13-15(24)14(23)12-18(19)26-21(30)16(25-17)4-2-11-31;1-3-5-16-21-26-18-12-14(23)15(24)13-19(18)30(21)22-17(25-16)6-7-20(27-22)29-9-4-8-28(2)10-11-29;1-2-5-19-16(4-1)25-22-18(14-15-6-7-15)24-17-8-9-20(26-21(17)28(19)22)27-12-3-10-23-11-13-27;1-19-7-3-8-20(11-10-19)16-6-5-13-12-15(22)14-4-2-9-21(14)17(13)18-16/h2-3,5-8,18,21H,4,9-16H2,1H3;5-6,12-13,31H,2-4,7-11H2,1H3;6-7,12-13H,3-5,8-11H2,1-2H3;1-2,4-5,8-9,15,23H,3,6-7,10-14H2;2,4-6,9H,3,7-8,10-12H2,1H3/t18-,21?;;;;/m0..../s1. The van der Waals surface area contributed by atoms with Crippen LogP contribution in [0.3, 0.4) is 0 Å².